The van der Waals surface area contributed by atoms with Crippen molar-refractivity contribution < 1.29 is 22.7 Å². The van der Waals surface area contributed by atoms with E-state index in [1.54, 1.807) is 7.05 Å². The summed E-state index contributed by atoms with van der Waals surface area (Å²) >= 11 is 0. The van der Waals surface area contributed by atoms with Gasteiger partial charge in [-0.2, -0.15) is 18.4 Å². The molecular weight excluding hydrogens is 411 g/mol. The van der Waals surface area contributed by atoms with Crippen molar-refractivity contribution in [3.63, 3.8) is 0 Å². The normalized spacial score (nSPS) is 11.5. The van der Waals surface area contributed by atoms with E-state index in [0.717, 1.165) is 6.07 Å². The van der Waals surface area contributed by atoms with Gasteiger partial charge in [-0.25, -0.2) is 4.98 Å². The van der Waals surface area contributed by atoms with Gasteiger partial charge in [-0.05, 0) is 35.9 Å². The average molecular weight is 431 g/mol. The van der Waals surface area contributed by atoms with Crippen LogP contribution in [0.25, 0.3) is 11.3 Å². The van der Waals surface area contributed by atoms with Crippen LogP contribution in [0.1, 0.15) is 11.3 Å². The van der Waals surface area contributed by atoms with Crippen molar-refractivity contribution in [3.8, 4) is 23.1 Å². The maximum Gasteiger partial charge on any atom is 0.419 e. The summed E-state index contributed by atoms with van der Waals surface area (Å²) in [6, 6.07) is 6.85. The summed E-state index contributed by atoms with van der Waals surface area (Å²) in [5.41, 5.74) is 6.00. The number of nitrogens with one attached hydrogen (secondary N) is 1. The number of nitriles is 1. The van der Waals surface area contributed by atoms with Crippen LogP contribution in [0.5, 0.6) is 5.75 Å². The number of alkyl halides is 3. The lowest BCUT2D eigenvalue weighted by atomic mass is 10.0. The molecule has 0 fully saturated rings. The lowest BCUT2D eigenvalue weighted by Crippen LogP contribution is -2.10. The second-order valence-corrected chi connectivity index (χ2v) is 6.13. The Morgan fingerprint density at radius 3 is 2.74 bits per heavy atom. The first-order chi connectivity index (χ1) is 14.7. The van der Waals surface area contributed by atoms with Crippen LogP contribution in [0, 0.1) is 11.3 Å². The largest absolute Gasteiger partial charge is 0.488 e. The summed E-state index contributed by atoms with van der Waals surface area (Å²) in [5.74, 6) is -0.360. The summed E-state index contributed by atoms with van der Waals surface area (Å²) in [5, 5.41) is 15.5. The molecule has 2 rings (SSSR count). The standard InChI is InChI=1S/C21H20F3N5O2/c1-13(5-4-8-28-30-3)12-31-19-7-6-14(9-15(19)21(22,23)24)16-10-17(27-2)20(26)18(11-25)29-16/h4-10H,1,12,26H2,2-3H3,(H,27,29)/b5-4-,28-8+. The smallest absolute Gasteiger partial charge is 0.419 e. The molecule has 0 saturated carbocycles. The van der Waals surface area contributed by atoms with Crippen molar-refractivity contribution in [3.05, 3.63) is 59.8 Å². The molecule has 1 aromatic carbocycles. The molecule has 0 atom stereocenters. The van der Waals surface area contributed by atoms with E-state index in [0.29, 0.717) is 11.3 Å². The number of nitrogens with two attached hydrogens (primary N) is 1. The molecule has 1 aromatic heterocycles. The fourth-order valence-electron chi connectivity index (χ4n) is 2.53. The van der Waals surface area contributed by atoms with Crippen molar-refractivity contribution >= 4 is 17.6 Å². The van der Waals surface area contributed by atoms with Crippen LogP contribution in [0.4, 0.5) is 24.5 Å². The molecule has 0 aliphatic rings. The first kappa shape index (κ1) is 23.3. The maximum atomic E-state index is 13.7. The highest BCUT2D eigenvalue weighted by Crippen LogP contribution is 2.39. The highest BCUT2D eigenvalue weighted by Gasteiger charge is 2.35. The molecule has 0 spiro atoms. The fourth-order valence-corrected chi connectivity index (χ4v) is 2.53. The number of pyridine rings is 1. The number of hydrogen-bond acceptors (Lipinski definition) is 7. The van der Waals surface area contributed by atoms with Gasteiger partial charge in [0.1, 0.15) is 25.5 Å². The predicted molar refractivity (Wildman–Crippen MR) is 113 cm³/mol. The van der Waals surface area contributed by atoms with Crippen LogP contribution in [-0.4, -0.2) is 32.0 Å². The Morgan fingerprint density at radius 2 is 2.13 bits per heavy atom. The van der Waals surface area contributed by atoms with Gasteiger partial charge in [0.15, 0.2) is 5.69 Å². The minimum absolute atomic E-state index is 0.0872. The van der Waals surface area contributed by atoms with Crippen molar-refractivity contribution in [2.24, 2.45) is 5.16 Å². The number of benzene rings is 1. The minimum Gasteiger partial charge on any atom is -0.488 e. The van der Waals surface area contributed by atoms with Gasteiger partial charge in [0.2, 0.25) is 0 Å². The third kappa shape index (κ3) is 5.99. The summed E-state index contributed by atoms with van der Waals surface area (Å²) < 4.78 is 46.3. The molecule has 0 amide bonds. The fraction of sp³-hybridized carbons (Fsp3) is 0.190. The first-order valence-corrected chi connectivity index (χ1v) is 8.85. The Bertz CT molecular complexity index is 1060. The number of rotatable bonds is 8. The van der Waals surface area contributed by atoms with Crippen molar-refractivity contribution in [2.45, 2.75) is 6.18 Å². The Hall–Kier alpha value is -4.00. The second kappa shape index (κ2) is 10.2. The van der Waals surface area contributed by atoms with E-state index >= 15 is 0 Å². The van der Waals surface area contributed by atoms with Gasteiger partial charge < -0.3 is 20.6 Å². The molecule has 0 saturated heterocycles. The molecule has 0 bridgehead atoms. The Balaban J connectivity index is 2.37. The molecule has 31 heavy (non-hydrogen) atoms. The summed E-state index contributed by atoms with van der Waals surface area (Å²) in [6.07, 6.45) is -0.270. The molecule has 0 radical (unpaired) electrons. The van der Waals surface area contributed by atoms with E-state index in [2.05, 4.69) is 26.9 Å². The van der Waals surface area contributed by atoms with Gasteiger partial charge in [-0.15, -0.1) is 0 Å². The maximum absolute atomic E-state index is 13.7. The molecular formula is C21H20F3N5O2. The zero-order chi connectivity index (χ0) is 23.0. The monoisotopic (exact) mass is 431 g/mol. The van der Waals surface area contributed by atoms with Gasteiger partial charge in [0.05, 0.1) is 28.8 Å². The van der Waals surface area contributed by atoms with Gasteiger partial charge in [-0.3, -0.25) is 0 Å². The van der Waals surface area contributed by atoms with Crippen LogP contribution < -0.4 is 15.8 Å². The third-order valence-corrected chi connectivity index (χ3v) is 4.01. The number of hydrogen-bond donors (Lipinski definition) is 2. The van der Waals surface area contributed by atoms with Gasteiger partial charge in [-0.1, -0.05) is 17.8 Å². The average Bonchev–Trinajstić information content (AvgIpc) is 2.74. The van der Waals surface area contributed by atoms with Gasteiger partial charge in [0, 0.05) is 12.6 Å². The van der Waals surface area contributed by atoms with E-state index in [9.17, 15) is 18.4 Å². The van der Waals surface area contributed by atoms with Gasteiger partial charge >= 0.3 is 6.18 Å². The Labute approximate surface area is 177 Å². The van der Waals surface area contributed by atoms with Crippen LogP contribution in [0.15, 0.2) is 53.7 Å². The second-order valence-electron chi connectivity index (χ2n) is 6.13. The Kier molecular flexibility index (Phi) is 7.63. The van der Waals surface area contributed by atoms with Crippen LogP contribution in [0.3, 0.4) is 0 Å². The number of oxime groups is 1. The number of nitrogens with zero attached hydrogens (tertiary/aromatic N) is 3. The molecule has 1 heterocycles. The third-order valence-electron chi connectivity index (χ3n) is 4.01. The number of anilines is 2. The molecule has 3 N–H and O–H groups in total. The zero-order valence-corrected chi connectivity index (χ0v) is 16.8. The molecule has 10 heteroatoms. The number of ether oxygens (including phenoxy) is 1. The zero-order valence-electron chi connectivity index (χ0n) is 16.8. The van der Waals surface area contributed by atoms with E-state index in [4.69, 9.17) is 10.5 Å². The first-order valence-electron chi connectivity index (χ1n) is 8.85. The van der Waals surface area contributed by atoms with Gasteiger partial charge in [0.25, 0.3) is 0 Å². The SMILES string of the molecule is C=C(/C=C\C=N\OC)COc1ccc(-c2cc(NC)c(N)c(C#N)n2)cc1C(F)(F)F. The minimum atomic E-state index is -4.68. The number of allylic oxidation sites excluding steroid dienone is 1. The Morgan fingerprint density at radius 1 is 1.39 bits per heavy atom. The molecule has 162 valence electrons. The molecule has 0 aliphatic heterocycles. The highest BCUT2D eigenvalue weighted by atomic mass is 19.4. The van der Waals surface area contributed by atoms with Crippen LogP contribution in [-0.2, 0) is 11.0 Å². The molecule has 0 unspecified atom stereocenters. The summed E-state index contributed by atoms with van der Waals surface area (Å²) in [7, 11) is 2.96. The number of nitrogen functional groups attached to an aromatic ring is 1. The topological polar surface area (TPSA) is 106 Å². The highest BCUT2D eigenvalue weighted by molar-refractivity contribution is 5.77. The molecule has 7 nitrogen and oxygen atoms in total. The quantitative estimate of drug-likeness (QED) is 0.365. The lowest BCUT2D eigenvalue weighted by molar-refractivity contribution is -0.138. The summed E-state index contributed by atoms with van der Waals surface area (Å²) in [6.45, 7) is 3.55. The number of aromatic nitrogens is 1. The van der Waals surface area contributed by atoms with Crippen molar-refractivity contribution in [1.82, 2.24) is 4.98 Å². The molecule has 2 aromatic rings. The van der Waals surface area contributed by atoms with E-state index < -0.39 is 11.7 Å². The molecule has 0 aliphatic carbocycles. The van der Waals surface area contributed by atoms with E-state index in [-0.39, 0.29) is 35.0 Å². The van der Waals surface area contributed by atoms with Crippen LogP contribution in [0.2, 0.25) is 0 Å². The predicted octanol–water partition coefficient (Wildman–Crippen LogP) is 4.39. The van der Waals surface area contributed by atoms with Crippen molar-refractivity contribution in [1.29, 1.82) is 5.26 Å². The summed E-state index contributed by atoms with van der Waals surface area (Å²) in [4.78, 5) is 8.55. The lowest BCUT2D eigenvalue weighted by Gasteiger charge is -2.16. The number of halogens is 3. The van der Waals surface area contributed by atoms with E-state index in [1.807, 2.05) is 6.07 Å². The van der Waals surface area contributed by atoms with E-state index in [1.165, 1.54) is 43.7 Å². The van der Waals surface area contributed by atoms with Crippen molar-refractivity contribution in [2.75, 3.05) is 31.8 Å². The van der Waals surface area contributed by atoms with Crippen LogP contribution >= 0.6 is 0 Å².